The molecule has 1 aromatic rings. The lowest BCUT2D eigenvalue weighted by atomic mass is 9.92. The highest BCUT2D eigenvalue weighted by Crippen LogP contribution is 2.19. The van der Waals surface area contributed by atoms with Crippen LogP contribution in [-0.4, -0.2) is 43.7 Å². The molecule has 2 rings (SSSR count). The summed E-state index contributed by atoms with van der Waals surface area (Å²) >= 11 is 0. The summed E-state index contributed by atoms with van der Waals surface area (Å²) in [6.45, 7) is 7.08. The van der Waals surface area contributed by atoms with E-state index in [9.17, 15) is 4.79 Å². The zero-order chi connectivity index (χ0) is 14.6. The Hall–Kier alpha value is -1.08. The number of pyridine rings is 1. The molecule has 126 valence electrons. The van der Waals surface area contributed by atoms with Crippen molar-refractivity contribution in [2.24, 2.45) is 11.1 Å². The maximum atomic E-state index is 12.0. The van der Waals surface area contributed by atoms with Crippen LogP contribution < -0.4 is 16.0 Å². The smallest absolute Gasteiger partial charge is 0.231 e. The van der Waals surface area contributed by atoms with Gasteiger partial charge >= 0.3 is 0 Å². The first-order valence-electron chi connectivity index (χ1n) is 6.83. The van der Waals surface area contributed by atoms with Crippen molar-refractivity contribution in [2.75, 3.05) is 43.1 Å². The van der Waals surface area contributed by atoms with Gasteiger partial charge in [0.25, 0.3) is 0 Å². The van der Waals surface area contributed by atoms with Gasteiger partial charge < -0.3 is 20.7 Å². The first kappa shape index (κ1) is 20.9. The molecule has 0 aromatic carbocycles. The molecular weight excluding hydrogens is 327 g/mol. The maximum Gasteiger partial charge on any atom is 0.231 e. The Morgan fingerprint density at radius 3 is 2.50 bits per heavy atom. The third-order valence-corrected chi connectivity index (χ3v) is 3.47. The molecule has 0 radical (unpaired) electrons. The average Bonchev–Trinajstić information content (AvgIpc) is 2.49. The summed E-state index contributed by atoms with van der Waals surface area (Å²) in [4.78, 5) is 18.6. The normalized spacial score (nSPS) is 14.6. The van der Waals surface area contributed by atoms with Crippen molar-refractivity contribution in [3.8, 4) is 0 Å². The highest BCUT2D eigenvalue weighted by atomic mass is 35.5. The Morgan fingerprint density at radius 1 is 1.36 bits per heavy atom. The number of anilines is 2. The van der Waals surface area contributed by atoms with Crippen LogP contribution in [0.2, 0.25) is 0 Å². The van der Waals surface area contributed by atoms with E-state index >= 15 is 0 Å². The molecule has 2 heterocycles. The molecular formula is C14H24Cl2N4O2. The number of nitrogens with two attached hydrogens (primary N) is 1. The van der Waals surface area contributed by atoms with E-state index in [0.29, 0.717) is 12.2 Å². The van der Waals surface area contributed by atoms with Crippen LogP contribution in [0.5, 0.6) is 0 Å². The molecule has 0 saturated carbocycles. The number of rotatable bonds is 4. The van der Waals surface area contributed by atoms with Gasteiger partial charge in [-0.25, -0.2) is 4.98 Å². The standard InChI is InChI=1S/C14H22N4O2.2ClH/c1-14(2,10-15)13(19)17-11-3-4-12(16-9-11)18-5-7-20-8-6-18;;/h3-4,9H,5-8,10,15H2,1-2H3,(H,17,19);2*1H. The number of morpholine rings is 1. The SMILES string of the molecule is CC(C)(CN)C(=O)Nc1ccc(N2CCOCC2)nc1.Cl.Cl. The van der Waals surface area contributed by atoms with E-state index in [1.807, 2.05) is 26.0 Å². The van der Waals surface area contributed by atoms with Crippen LogP contribution in [0.25, 0.3) is 0 Å². The number of aromatic nitrogens is 1. The second kappa shape index (κ2) is 9.15. The molecule has 1 fully saturated rings. The number of carbonyl (C=O) groups is 1. The molecule has 1 aliphatic rings. The molecule has 0 bridgehead atoms. The predicted molar refractivity (Wildman–Crippen MR) is 93.2 cm³/mol. The van der Waals surface area contributed by atoms with E-state index in [-0.39, 0.29) is 30.7 Å². The van der Waals surface area contributed by atoms with E-state index in [1.54, 1.807) is 6.20 Å². The van der Waals surface area contributed by atoms with Crippen LogP contribution in [0.4, 0.5) is 11.5 Å². The monoisotopic (exact) mass is 350 g/mol. The van der Waals surface area contributed by atoms with Crippen molar-refractivity contribution in [1.82, 2.24) is 4.98 Å². The Bertz CT molecular complexity index is 462. The van der Waals surface area contributed by atoms with Gasteiger partial charge in [0.2, 0.25) is 5.91 Å². The Morgan fingerprint density at radius 2 is 2.00 bits per heavy atom. The van der Waals surface area contributed by atoms with Crippen molar-refractivity contribution in [1.29, 1.82) is 0 Å². The fourth-order valence-corrected chi connectivity index (χ4v) is 1.83. The number of halogens is 2. The molecule has 22 heavy (non-hydrogen) atoms. The number of ether oxygens (including phenoxy) is 1. The van der Waals surface area contributed by atoms with E-state index in [4.69, 9.17) is 10.5 Å². The number of nitrogens with zero attached hydrogens (tertiary/aromatic N) is 2. The zero-order valence-electron chi connectivity index (χ0n) is 12.9. The lowest BCUT2D eigenvalue weighted by Gasteiger charge is -2.28. The molecule has 0 aliphatic carbocycles. The van der Waals surface area contributed by atoms with Gasteiger partial charge in [0, 0.05) is 19.6 Å². The fourth-order valence-electron chi connectivity index (χ4n) is 1.83. The van der Waals surface area contributed by atoms with Crippen molar-refractivity contribution in [3.05, 3.63) is 18.3 Å². The first-order chi connectivity index (χ1) is 9.53. The van der Waals surface area contributed by atoms with E-state index in [1.165, 1.54) is 0 Å². The van der Waals surface area contributed by atoms with Crippen LogP contribution in [-0.2, 0) is 9.53 Å². The van der Waals surface area contributed by atoms with Crippen molar-refractivity contribution >= 4 is 42.2 Å². The van der Waals surface area contributed by atoms with Crippen LogP contribution >= 0.6 is 24.8 Å². The highest BCUT2D eigenvalue weighted by Gasteiger charge is 2.25. The first-order valence-corrected chi connectivity index (χ1v) is 6.83. The minimum absolute atomic E-state index is 0. The molecule has 8 heteroatoms. The molecule has 1 aliphatic heterocycles. The lowest BCUT2D eigenvalue weighted by Crippen LogP contribution is -2.37. The number of hydrogen-bond acceptors (Lipinski definition) is 5. The minimum Gasteiger partial charge on any atom is -0.378 e. The van der Waals surface area contributed by atoms with Gasteiger partial charge in [-0.15, -0.1) is 24.8 Å². The number of amides is 1. The Kier molecular flexibility index (Phi) is 8.70. The number of carbonyl (C=O) groups excluding carboxylic acids is 1. The quantitative estimate of drug-likeness (QED) is 0.863. The third kappa shape index (κ3) is 5.28. The van der Waals surface area contributed by atoms with Gasteiger partial charge in [-0.3, -0.25) is 4.79 Å². The third-order valence-electron chi connectivity index (χ3n) is 3.47. The van der Waals surface area contributed by atoms with Gasteiger partial charge in [-0.1, -0.05) is 0 Å². The van der Waals surface area contributed by atoms with Gasteiger partial charge in [0.05, 0.1) is 30.5 Å². The van der Waals surface area contributed by atoms with Crippen LogP contribution in [0.15, 0.2) is 18.3 Å². The summed E-state index contributed by atoms with van der Waals surface area (Å²) in [7, 11) is 0. The van der Waals surface area contributed by atoms with Gasteiger partial charge in [-0.05, 0) is 26.0 Å². The van der Waals surface area contributed by atoms with Gasteiger partial charge in [-0.2, -0.15) is 0 Å². The number of nitrogens with one attached hydrogen (secondary N) is 1. The predicted octanol–water partition coefficient (Wildman–Crippen LogP) is 1.69. The maximum absolute atomic E-state index is 12.0. The molecule has 1 amide bonds. The summed E-state index contributed by atoms with van der Waals surface area (Å²) in [6.07, 6.45) is 1.68. The lowest BCUT2D eigenvalue weighted by molar-refractivity contribution is -0.123. The van der Waals surface area contributed by atoms with E-state index in [0.717, 1.165) is 32.1 Å². The highest BCUT2D eigenvalue weighted by molar-refractivity contribution is 5.94. The zero-order valence-corrected chi connectivity index (χ0v) is 14.5. The second-order valence-corrected chi connectivity index (χ2v) is 5.55. The Balaban J connectivity index is 0.00000220. The average molecular weight is 351 g/mol. The molecule has 6 nitrogen and oxygen atoms in total. The van der Waals surface area contributed by atoms with Crippen LogP contribution in [0.1, 0.15) is 13.8 Å². The molecule has 0 spiro atoms. The Labute approximate surface area is 143 Å². The van der Waals surface area contributed by atoms with Crippen LogP contribution in [0, 0.1) is 5.41 Å². The second-order valence-electron chi connectivity index (χ2n) is 5.55. The van der Waals surface area contributed by atoms with E-state index in [2.05, 4.69) is 15.2 Å². The van der Waals surface area contributed by atoms with Crippen molar-refractivity contribution in [3.63, 3.8) is 0 Å². The summed E-state index contributed by atoms with van der Waals surface area (Å²) in [5.41, 5.74) is 5.70. The summed E-state index contributed by atoms with van der Waals surface area (Å²) in [6, 6.07) is 3.78. The summed E-state index contributed by atoms with van der Waals surface area (Å²) < 4.78 is 5.31. The summed E-state index contributed by atoms with van der Waals surface area (Å²) in [5, 5.41) is 2.84. The van der Waals surface area contributed by atoms with Gasteiger partial charge in [0.15, 0.2) is 0 Å². The largest absolute Gasteiger partial charge is 0.378 e. The molecule has 1 aromatic heterocycles. The number of hydrogen-bond donors (Lipinski definition) is 2. The van der Waals surface area contributed by atoms with Crippen molar-refractivity contribution < 1.29 is 9.53 Å². The topological polar surface area (TPSA) is 80.5 Å². The molecule has 0 atom stereocenters. The molecule has 3 N–H and O–H groups in total. The molecule has 1 saturated heterocycles. The van der Waals surface area contributed by atoms with Gasteiger partial charge in [0.1, 0.15) is 5.82 Å². The fraction of sp³-hybridized carbons (Fsp3) is 0.571. The van der Waals surface area contributed by atoms with Crippen LogP contribution in [0.3, 0.4) is 0 Å². The summed E-state index contributed by atoms with van der Waals surface area (Å²) in [5.74, 6) is 0.810. The van der Waals surface area contributed by atoms with E-state index < -0.39 is 5.41 Å². The molecule has 0 unspecified atom stereocenters. The van der Waals surface area contributed by atoms with Crippen molar-refractivity contribution in [2.45, 2.75) is 13.8 Å². The minimum atomic E-state index is -0.580.